The Hall–Kier alpha value is -1.79. The molecule has 2 rings (SSSR count). The molecule has 1 aromatic heterocycles. The number of aromatic amines is 1. The number of hydrogen-bond donors (Lipinski definition) is 2. The maximum absolute atomic E-state index is 12.3. The van der Waals surface area contributed by atoms with Crippen molar-refractivity contribution in [3.05, 3.63) is 37.1 Å². The number of rotatable bonds is 4. The van der Waals surface area contributed by atoms with Gasteiger partial charge in [-0.25, -0.2) is 8.42 Å². The molecular weight excluding hydrogens is 250 g/mol. The topological polar surface area (TPSA) is 79.2 Å². The summed E-state index contributed by atoms with van der Waals surface area (Å²) in [4.78, 5) is 3.16. The van der Waals surface area contributed by atoms with E-state index in [4.69, 9.17) is 5.73 Å². The molecule has 0 amide bonds. The van der Waals surface area contributed by atoms with Crippen LogP contribution in [0.2, 0.25) is 0 Å². The molecule has 96 valence electrons. The van der Waals surface area contributed by atoms with Gasteiger partial charge in [0, 0.05) is 36.4 Å². The van der Waals surface area contributed by atoms with Crippen LogP contribution in [-0.4, -0.2) is 31.3 Å². The predicted octanol–water partition coefficient (Wildman–Crippen LogP) is 1.56. The Morgan fingerprint density at radius 2 is 2.22 bits per heavy atom. The van der Waals surface area contributed by atoms with E-state index in [1.807, 2.05) is 0 Å². The number of likely N-dealkylation sites (N-methyl/N-ethyl adjacent to an activating group) is 1. The van der Waals surface area contributed by atoms with Crippen LogP contribution in [-0.2, 0) is 10.0 Å². The first kappa shape index (κ1) is 12.7. The van der Waals surface area contributed by atoms with Gasteiger partial charge in [-0.05, 0) is 18.2 Å². The summed E-state index contributed by atoms with van der Waals surface area (Å²) in [7, 11) is -2.01. The Balaban J connectivity index is 2.60. The Kier molecular flexibility index (Phi) is 3.14. The summed E-state index contributed by atoms with van der Waals surface area (Å²) in [5.41, 5.74) is 6.97. The highest BCUT2D eigenvalue weighted by Crippen LogP contribution is 2.26. The lowest BCUT2D eigenvalue weighted by Crippen LogP contribution is -2.26. The van der Waals surface area contributed by atoms with Gasteiger partial charge in [-0.2, -0.15) is 4.31 Å². The summed E-state index contributed by atoms with van der Waals surface area (Å²) in [6.45, 7) is 3.80. The van der Waals surface area contributed by atoms with Gasteiger partial charge in [0.15, 0.2) is 0 Å². The molecule has 2 aromatic rings. The summed E-state index contributed by atoms with van der Waals surface area (Å²) in [5.74, 6) is 0. The van der Waals surface area contributed by atoms with Gasteiger partial charge < -0.3 is 10.7 Å². The molecule has 5 nitrogen and oxygen atoms in total. The smallest absolute Gasteiger partial charge is 0.245 e. The van der Waals surface area contributed by atoms with Crippen LogP contribution in [0.25, 0.3) is 10.9 Å². The summed E-state index contributed by atoms with van der Waals surface area (Å²) in [5, 5.41) is 0.603. The van der Waals surface area contributed by atoms with Crippen molar-refractivity contribution in [1.82, 2.24) is 9.29 Å². The molecule has 0 saturated carbocycles. The van der Waals surface area contributed by atoms with E-state index in [9.17, 15) is 8.42 Å². The fourth-order valence-corrected chi connectivity index (χ4v) is 3.07. The zero-order valence-electron chi connectivity index (χ0n) is 10.1. The second-order valence-corrected chi connectivity index (χ2v) is 6.05. The van der Waals surface area contributed by atoms with Crippen molar-refractivity contribution in [2.24, 2.45) is 0 Å². The lowest BCUT2D eigenvalue weighted by atomic mass is 10.2. The standard InChI is InChI=1S/C12H15N3O2S/c1-3-6-15(2)18(16,17)12-8-14-11-5-4-9(13)7-10(11)12/h3-5,7-8,14H,1,6,13H2,2H3. The third-order valence-corrected chi connectivity index (χ3v) is 4.61. The summed E-state index contributed by atoms with van der Waals surface area (Å²) >= 11 is 0. The van der Waals surface area contributed by atoms with Crippen LogP contribution < -0.4 is 5.73 Å². The number of nitrogens with one attached hydrogen (secondary N) is 1. The van der Waals surface area contributed by atoms with Crippen molar-refractivity contribution in [3.63, 3.8) is 0 Å². The van der Waals surface area contributed by atoms with Crippen LogP contribution in [0.4, 0.5) is 5.69 Å². The monoisotopic (exact) mass is 265 g/mol. The highest BCUT2D eigenvalue weighted by atomic mass is 32.2. The molecule has 0 aliphatic carbocycles. The first-order valence-corrected chi connectivity index (χ1v) is 6.84. The molecule has 0 saturated heterocycles. The van der Waals surface area contributed by atoms with Gasteiger partial charge in [-0.3, -0.25) is 0 Å². The zero-order chi connectivity index (χ0) is 13.3. The molecule has 0 aliphatic rings. The number of aromatic nitrogens is 1. The summed E-state index contributed by atoms with van der Waals surface area (Å²) in [6, 6.07) is 5.14. The zero-order valence-corrected chi connectivity index (χ0v) is 10.9. The quantitative estimate of drug-likeness (QED) is 0.650. The van der Waals surface area contributed by atoms with E-state index >= 15 is 0 Å². The number of sulfonamides is 1. The third-order valence-electron chi connectivity index (χ3n) is 2.74. The molecule has 0 unspecified atom stereocenters. The van der Waals surface area contributed by atoms with E-state index in [0.29, 0.717) is 11.1 Å². The molecule has 0 fully saturated rings. The highest BCUT2D eigenvalue weighted by molar-refractivity contribution is 7.89. The van der Waals surface area contributed by atoms with Crippen molar-refractivity contribution in [2.75, 3.05) is 19.3 Å². The summed E-state index contributed by atoms with van der Waals surface area (Å²) in [6.07, 6.45) is 3.03. The Morgan fingerprint density at radius 3 is 2.89 bits per heavy atom. The Bertz CT molecular complexity index is 688. The maximum atomic E-state index is 12.3. The fraction of sp³-hybridized carbons (Fsp3) is 0.167. The molecule has 0 aliphatic heterocycles. The lowest BCUT2D eigenvalue weighted by Gasteiger charge is -2.14. The van der Waals surface area contributed by atoms with E-state index in [-0.39, 0.29) is 11.4 Å². The van der Waals surface area contributed by atoms with Crippen LogP contribution in [0.1, 0.15) is 0 Å². The molecule has 3 N–H and O–H groups in total. The number of fused-ring (bicyclic) bond motifs is 1. The Labute approximate surface area is 106 Å². The fourth-order valence-electron chi connectivity index (χ4n) is 1.77. The number of nitrogens with zero attached hydrogens (tertiary/aromatic N) is 1. The summed E-state index contributed by atoms with van der Waals surface area (Å²) < 4.78 is 25.9. The molecular formula is C12H15N3O2S. The van der Waals surface area contributed by atoms with E-state index in [1.54, 1.807) is 24.3 Å². The van der Waals surface area contributed by atoms with Gasteiger partial charge >= 0.3 is 0 Å². The van der Waals surface area contributed by atoms with Crippen molar-refractivity contribution >= 4 is 26.6 Å². The average Bonchev–Trinajstić information content (AvgIpc) is 2.72. The van der Waals surface area contributed by atoms with Gasteiger partial charge in [0.25, 0.3) is 0 Å². The minimum Gasteiger partial charge on any atom is -0.399 e. The second-order valence-electron chi connectivity index (χ2n) is 4.03. The van der Waals surface area contributed by atoms with E-state index in [0.717, 1.165) is 5.52 Å². The number of benzene rings is 1. The molecule has 18 heavy (non-hydrogen) atoms. The molecule has 1 heterocycles. The van der Waals surface area contributed by atoms with Gasteiger partial charge in [-0.15, -0.1) is 6.58 Å². The molecule has 0 spiro atoms. The maximum Gasteiger partial charge on any atom is 0.245 e. The first-order chi connectivity index (χ1) is 8.46. The molecule has 0 bridgehead atoms. The number of hydrogen-bond acceptors (Lipinski definition) is 3. The Morgan fingerprint density at radius 1 is 1.50 bits per heavy atom. The van der Waals surface area contributed by atoms with Crippen LogP contribution in [0.15, 0.2) is 41.9 Å². The SMILES string of the molecule is C=CCN(C)S(=O)(=O)c1c[nH]c2ccc(N)cc12. The van der Waals surface area contributed by atoms with Crippen molar-refractivity contribution < 1.29 is 8.42 Å². The first-order valence-electron chi connectivity index (χ1n) is 5.40. The van der Waals surface area contributed by atoms with Crippen molar-refractivity contribution in [2.45, 2.75) is 4.90 Å². The minimum atomic E-state index is -3.53. The predicted molar refractivity (Wildman–Crippen MR) is 72.7 cm³/mol. The largest absolute Gasteiger partial charge is 0.399 e. The van der Waals surface area contributed by atoms with E-state index in [2.05, 4.69) is 11.6 Å². The van der Waals surface area contributed by atoms with Gasteiger partial charge in [0.2, 0.25) is 10.0 Å². The number of nitrogens with two attached hydrogens (primary N) is 1. The van der Waals surface area contributed by atoms with Crippen molar-refractivity contribution in [1.29, 1.82) is 0 Å². The van der Waals surface area contributed by atoms with Gasteiger partial charge in [0.1, 0.15) is 4.90 Å². The second kappa shape index (κ2) is 4.47. The number of anilines is 1. The van der Waals surface area contributed by atoms with E-state index in [1.165, 1.54) is 17.5 Å². The van der Waals surface area contributed by atoms with Crippen molar-refractivity contribution in [3.8, 4) is 0 Å². The normalized spacial score (nSPS) is 12.1. The molecule has 1 aromatic carbocycles. The van der Waals surface area contributed by atoms with Gasteiger partial charge in [-0.1, -0.05) is 6.08 Å². The number of H-pyrrole nitrogens is 1. The number of nitrogen functional groups attached to an aromatic ring is 1. The van der Waals surface area contributed by atoms with Gasteiger partial charge in [0.05, 0.1) is 0 Å². The van der Waals surface area contributed by atoms with Crippen LogP contribution in [0.3, 0.4) is 0 Å². The highest BCUT2D eigenvalue weighted by Gasteiger charge is 2.23. The average molecular weight is 265 g/mol. The van der Waals surface area contributed by atoms with E-state index < -0.39 is 10.0 Å². The third kappa shape index (κ3) is 2.00. The molecule has 0 atom stereocenters. The molecule has 6 heteroatoms. The minimum absolute atomic E-state index is 0.231. The van der Waals surface area contributed by atoms with Crippen LogP contribution in [0, 0.1) is 0 Å². The lowest BCUT2D eigenvalue weighted by molar-refractivity contribution is 0.500. The van der Waals surface area contributed by atoms with Crippen LogP contribution >= 0.6 is 0 Å². The molecule has 0 radical (unpaired) electrons. The van der Waals surface area contributed by atoms with Crippen LogP contribution in [0.5, 0.6) is 0 Å².